The second-order valence-electron chi connectivity index (χ2n) is 5.55. The van der Waals surface area contributed by atoms with Crippen LogP contribution >= 0.6 is 11.6 Å². The van der Waals surface area contributed by atoms with E-state index in [2.05, 4.69) is 31.0 Å². The molecule has 2 unspecified atom stereocenters. The Bertz CT molecular complexity index is 429. The van der Waals surface area contributed by atoms with Crippen molar-refractivity contribution in [2.45, 2.75) is 40.2 Å². The van der Waals surface area contributed by atoms with Crippen molar-refractivity contribution in [1.29, 1.82) is 0 Å². The molecule has 1 aromatic carbocycles. The molecule has 0 aliphatic carbocycles. The van der Waals surface area contributed by atoms with Crippen LogP contribution in [0.1, 0.15) is 33.3 Å². The van der Waals surface area contributed by atoms with E-state index in [0.29, 0.717) is 12.6 Å². The molecule has 4 heteroatoms. The summed E-state index contributed by atoms with van der Waals surface area (Å²) in [6.45, 7) is 11.1. The Labute approximate surface area is 133 Å². The van der Waals surface area contributed by atoms with Gasteiger partial charge in [-0.3, -0.25) is 9.69 Å². The molecule has 118 valence electrons. The van der Waals surface area contributed by atoms with E-state index in [1.54, 1.807) is 0 Å². The van der Waals surface area contributed by atoms with Crippen molar-refractivity contribution in [2.24, 2.45) is 5.92 Å². The third kappa shape index (κ3) is 6.06. The first-order valence-corrected chi connectivity index (χ1v) is 8.11. The SMILES string of the molecule is CCN(CC)C(C)CNC(=O)C(C)Cc1ccc(Cl)cc1. The van der Waals surface area contributed by atoms with Crippen molar-refractivity contribution in [1.82, 2.24) is 10.2 Å². The summed E-state index contributed by atoms with van der Waals surface area (Å²) in [5.41, 5.74) is 1.14. The lowest BCUT2D eigenvalue weighted by molar-refractivity contribution is -0.124. The number of likely N-dealkylation sites (N-methyl/N-ethyl adjacent to an activating group) is 1. The van der Waals surface area contributed by atoms with Crippen LogP contribution in [-0.2, 0) is 11.2 Å². The maximum atomic E-state index is 12.2. The lowest BCUT2D eigenvalue weighted by Gasteiger charge is -2.27. The minimum Gasteiger partial charge on any atom is -0.354 e. The van der Waals surface area contributed by atoms with Crippen molar-refractivity contribution >= 4 is 17.5 Å². The smallest absolute Gasteiger partial charge is 0.223 e. The van der Waals surface area contributed by atoms with Crippen molar-refractivity contribution in [2.75, 3.05) is 19.6 Å². The van der Waals surface area contributed by atoms with Crippen molar-refractivity contribution < 1.29 is 4.79 Å². The highest BCUT2D eigenvalue weighted by atomic mass is 35.5. The summed E-state index contributed by atoms with van der Waals surface area (Å²) in [7, 11) is 0. The van der Waals surface area contributed by atoms with Gasteiger partial charge in [-0.15, -0.1) is 0 Å². The van der Waals surface area contributed by atoms with Crippen LogP contribution in [0.5, 0.6) is 0 Å². The number of hydrogen-bond acceptors (Lipinski definition) is 2. The number of nitrogens with zero attached hydrogens (tertiary/aromatic N) is 1. The summed E-state index contributed by atoms with van der Waals surface area (Å²) < 4.78 is 0. The molecule has 1 aromatic rings. The third-order valence-electron chi connectivity index (χ3n) is 3.91. The molecular weight excluding hydrogens is 284 g/mol. The minimum absolute atomic E-state index is 0.0323. The zero-order valence-electron chi connectivity index (χ0n) is 13.5. The summed E-state index contributed by atoms with van der Waals surface area (Å²) >= 11 is 5.87. The van der Waals surface area contributed by atoms with Gasteiger partial charge in [-0.2, -0.15) is 0 Å². The maximum absolute atomic E-state index is 12.2. The van der Waals surface area contributed by atoms with Gasteiger partial charge >= 0.3 is 0 Å². The Morgan fingerprint density at radius 2 is 1.76 bits per heavy atom. The fourth-order valence-electron chi connectivity index (χ4n) is 2.47. The predicted octanol–water partition coefficient (Wildman–Crippen LogP) is 3.37. The standard InChI is InChI=1S/C17H27ClN2O/c1-5-20(6-2)14(4)12-19-17(21)13(3)11-15-7-9-16(18)10-8-15/h7-10,13-14H,5-6,11-12H2,1-4H3,(H,19,21). The van der Waals surface area contributed by atoms with Gasteiger partial charge in [0.05, 0.1) is 0 Å². The summed E-state index contributed by atoms with van der Waals surface area (Å²) in [5, 5.41) is 3.78. The molecule has 0 heterocycles. The van der Waals surface area contributed by atoms with Gasteiger partial charge in [0.2, 0.25) is 5.91 Å². The van der Waals surface area contributed by atoms with Gasteiger partial charge < -0.3 is 5.32 Å². The number of hydrogen-bond donors (Lipinski definition) is 1. The van der Waals surface area contributed by atoms with Gasteiger partial charge in [0, 0.05) is 23.5 Å². The molecule has 2 atom stereocenters. The Morgan fingerprint density at radius 3 is 2.29 bits per heavy atom. The maximum Gasteiger partial charge on any atom is 0.223 e. The topological polar surface area (TPSA) is 32.3 Å². The van der Waals surface area contributed by atoms with E-state index in [1.165, 1.54) is 0 Å². The summed E-state index contributed by atoms with van der Waals surface area (Å²) in [5.74, 6) is 0.0824. The number of benzene rings is 1. The van der Waals surface area contributed by atoms with Crippen LogP contribution in [0, 0.1) is 5.92 Å². The molecule has 3 nitrogen and oxygen atoms in total. The van der Waals surface area contributed by atoms with E-state index < -0.39 is 0 Å². The van der Waals surface area contributed by atoms with Crippen molar-refractivity contribution in [3.63, 3.8) is 0 Å². The Hall–Kier alpha value is -1.06. The van der Waals surface area contributed by atoms with E-state index >= 15 is 0 Å². The first-order valence-electron chi connectivity index (χ1n) is 7.74. The van der Waals surface area contributed by atoms with Gasteiger partial charge in [0.25, 0.3) is 0 Å². The number of carbonyl (C=O) groups excluding carboxylic acids is 1. The summed E-state index contributed by atoms with van der Waals surface area (Å²) in [6, 6.07) is 8.05. The molecule has 0 bridgehead atoms. The van der Waals surface area contributed by atoms with E-state index in [1.807, 2.05) is 31.2 Å². The molecule has 0 radical (unpaired) electrons. The minimum atomic E-state index is -0.0323. The largest absolute Gasteiger partial charge is 0.354 e. The average molecular weight is 311 g/mol. The van der Waals surface area contributed by atoms with E-state index in [-0.39, 0.29) is 11.8 Å². The normalized spacial score (nSPS) is 14.0. The molecule has 0 spiro atoms. The number of rotatable bonds is 8. The second-order valence-corrected chi connectivity index (χ2v) is 5.98. The number of halogens is 1. The first kappa shape index (κ1) is 18.0. The summed E-state index contributed by atoms with van der Waals surface area (Å²) in [4.78, 5) is 14.5. The van der Waals surface area contributed by atoms with Crippen LogP contribution in [0.4, 0.5) is 0 Å². The van der Waals surface area contributed by atoms with Crippen LogP contribution in [0.25, 0.3) is 0 Å². The van der Waals surface area contributed by atoms with E-state index in [4.69, 9.17) is 11.6 Å². The summed E-state index contributed by atoms with van der Waals surface area (Å²) in [6.07, 6.45) is 0.739. The second kappa shape index (κ2) is 9.06. The van der Waals surface area contributed by atoms with E-state index in [9.17, 15) is 4.79 Å². The van der Waals surface area contributed by atoms with Crippen LogP contribution in [0.2, 0.25) is 5.02 Å². The predicted molar refractivity (Wildman–Crippen MR) is 89.7 cm³/mol. The molecule has 0 aliphatic rings. The molecule has 0 saturated heterocycles. The number of carbonyl (C=O) groups is 1. The highest BCUT2D eigenvalue weighted by molar-refractivity contribution is 6.30. The fourth-order valence-corrected chi connectivity index (χ4v) is 2.59. The lowest BCUT2D eigenvalue weighted by Crippen LogP contribution is -2.43. The average Bonchev–Trinajstić information content (AvgIpc) is 2.48. The Morgan fingerprint density at radius 1 is 1.19 bits per heavy atom. The molecule has 0 aromatic heterocycles. The molecule has 1 rings (SSSR count). The van der Waals surface area contributed by atoms with Gasteiger partial charge in [0.1, 0.15) is 0 Å². The lowest BCUT2D eigenvalue weighted by atomic mass is 10.0. The Kier molecular flexibility index (Phi) is 7.76. The zero-order chi connectivity index (χ0) is 15.8. The molecule has 0 aliphatic heterocycles. The molecule has 0 saturated carbocycles. The van der Waals surface area contributed by atoms with Gasteiger partial charge in [-0.05, 0) is 44.1 Å². The van der Waals surface area contributed by atoms with Gasteiger partial charge in [0.15, 0.2) is 0 Å². The monoisotopic (exact) mass is 310 g/mol. The van der Waals surface area contributed by atoms with Crippen molar-refractivity contribution in [3.05, 3.63) is 34.9 Å². The fraction of sp³-hybridized carbons (Fsp3) is 0.588. The van der Waals surface area contributed by atoms with Crippen LogP contribution in [0.15, 0.2) is 24.3 Å². The number of amides is 1. The quantitative estimate of drug-likeness (QED) is 0.798. The molecule has 21 heavy (non-hydrogen) atoms. The Balaban J connectivity index is 2.42. The van der Waals surface area contributed by atoms with Crippen LogP contribution < -0.4 is 5.32 Å². The first-order chi connectivity index (χ1) is 9.97. The van der Waals surface area contributed by atoms with Crippen molar-refractivity contribution in [3.8, 4) is 0 Å². The molecule has 1 N–H and O–H groups in total. The van der Waals surface area contributed by atoms with Crippen LogP contribution in [0.3, 0.4) is 0 Å². The van der Waals surface area contributed by atoms with E-state index in [0.717, 1.165) is 30.1 Å². The zero-order valence-corrected chi connectivity index (χ0v) is 14.3. The highest BCUT2D eigenvalue weighted by Crippen LogP contribution is 2.13. The highest BCUT2D eigenvalue weighted by Gasteiger charge is 2.16. The van der Waals surface area contributed by atoms with Gasteiger partial charge in [-0.25, -0.2) is 0 Å². The van der Waals surface area contributed by atoms with Gasteiger partial charge in [-0.1, -0.05) is 44.5 Å². The van der Waals surface area contributed by atoms with Crippen LogP contribution in [-0.4, -0.2) is 36.5 Å². The molecular formula is C17H27ClN2O. The molecule has 0 fully saturated rings. The number of nitrogens with one attached hydrogen (secondary N) is 1. The molecule has 1 amide bonds. The third-order valence-corrected chi connectivity index (χ3v) is 4.16.